The Balaban J connectivity index is -0.000000289. The molecule has 0 saturated carbocycles. The molecular weight excluding hydrogens is 470 g/mol. The van der Waals surface area contributed by atoms with Crippen LogP contribution < -0.4 is 16.8 Å². The fourth-order valence-electron chi connectivity index (χ4n) is 4.43. The average molecular weight is 548 g/mol. The molecule has 0 amide bonds. The number of hydrogen-bond acceptors (Lipinski definition) is 5. The summed E-state index contributed by atoms with van der Waals surface area (Å²) in [7, 11) is 0. The SMILES string of the molecule is CCCCN(CCCC)CCCCCCNCC.CCCCN(CCCC)CCCCCCNCC.[NH4+].[OH-]. The van der Waals surface area contributed by atoms with Crippen molar-refractivity contribution in [2.75, 3.05) is 65.4 Å². The molecule has 6 nitrogen and oxygen atoms in total. The first-order chi connectivity index (χ1) is 17.7. The Morgan fingerprint density at radius 3 is 0.895 bits per heavy atom. The third-order valence-corrected chi connectivity index (χ3v) is 6.97. The molecule has 0 aromatic carbocycles. The molecule has 0 aliphatic heterocycles. The highest BCUT2D eigenvalue weighted by atomic mass is 16.0. The molecule has 0 radical (unpaired) electrons. The highest BCUT2D eigenvalue weighted by Gasteiger charge is 2.04. The van der Waals surface area contributed by atoms with Crippen LogP contribution in [0.2, 0.25) is 0 Å². The van der Waals surface area contributed by atoms with Gasteiger partial charge in [0.15, 0.2) is 0 Å². The quantitative estimate of drug-likeness (QED) is 0.0855. The molecule has 38 heavy (non-hydrogen) atoms. The van der Waals surface area contributed by atoms with Crippen molar-refractivity contribution < 1.29 is 5.48 Å². The monoisotopic (exact) mass is 548 g/mol. The Labute approximate surface area is 241 Å². The number of quaternary nitrogens is 1. The summed E-state index contributed by atoms with van der Waals surface area (Å²) >= 11 is 0. The van der Waals surface area contributed by atoms with Gasteiger partial charge in [-0.25, -0.2) is 0 Å². The van der Waals surface area contributed by atoms with Gasteiger partial charge in [0, 0.05) is 0 Å². The molecule has 0 heterocycles. The van der Waals surface area contributed by atoms with E-state index in [0.29, 0.717) is 0 Å². The minimum atomic E-state index is 0. The van der Waals surface area contributed by atoms with Crippen LogP contribution >= 0.6 is 0 Å². The molecule has 0 unspecified atom stereocenters. The summed E-state index contributed by atoms with van der Waals surface area (Å²) < 4.78 is 0. The minimum absolute atomic E-state index is 0. The fraction of sp³-hybridized carbons (Fsp3) is 1.00. The van der Waals surface area contributed by atoms with Gasteiger partial charge in [0.25, 0.3) is 0 Å². The molecule has 0 spiro atoms. The van der Waals surface area contributed by atoms with E-state index in [0.717, 1.165) is 13.1 Å². The Morgan fingerprint density at radius 1 is 0.368 bits per heavy atom. The van der Waals surface area contributed by atoms with Crippen LogP contribution in [0.1, 0.15) is 144 Å². The van der Waals surface area contributed by atoms with Gasteiger partial charge in [0.2, 0.25) is 0 Å². The second-order valence-corrected chi connectivity index (χ2v) is 10.6. The lowest BCUT2D eigenvalue weighted by atomic mass is 10.1. The zero-order valence-electron chi connectivity index (χ0n) is 27.7. The smallest absolute Gasteiger partial charge is 0.00187 e. The van der Waals surface area contributed by atoms with Gasteiger partial charge < -0.3 is 32.1 Å². The normalized spacial score (nSPS) is 10.7. The first kappa shape index (κ1) is 44.8. The molecular formula is C32H77N5O. The molecule has 0 aromatic heterocycles. The van der Waals surface area contributed by atoms with Crippen molar-refractivity contribution in [3.05, 3.63) is 0 Å². The Hall–Kier alpha value is -0.240. The lowest BCUT2D eigenvalue weighted by Gasteiger charge is -2.21. The van der Waals surface area contributed by atoms with Crippen molar-refractivity contribution >= 4 is 0 Å². The van der Waals surface area contributed by atoms with Crippen LogP contribution in [-0.4, -0.2) is 80.7 Å². The van der Waals surface area contributed by atoms with Crippen LogP contribution in [0.3, 0.4) is 0 Å². The van der Waals surface area contributed by atoms with Crippen LogP contribution in [0, 0.1) is 0 Å². The van der Waals surface area contributed by atoms with Gasteiger partial charge in [-0.2, -0.15) is 0 Å². The van der Waals surface area contributed by atoms with E-state index in [-0.39, 0.29) is 11.6 Å². The van der Waals surface area contributed by atoms with E-state index >= 15 is 0 Å². The van der Waals surface area contributed by atoms with Crippen molar-refractivity contribution in [3.8, 4) is 0 Å². The molecule has 236 valence electrons. The van der Waals surface area contributed by atoms with Crippen LogP contribution in [0.15, 0.2) is 0 Å². The van der Waals surface area contributed by atoms with Crippen LogP contribution in [0.25, 0.3) is 0 Å². The zero-order chi connectivity index (χ0) is 27.0. The number of nitrogens with one attached hydrogen (secondary N) is 2. The summed E-state index contributed by atoms with van der Waals surface area (Å²) in [6, 6.07) is 0. The van der Waals surface area contributed by atoms with Crippen LogP contribution in [0.5, 0.6) is 0 Å². The van der Waals surface area contributed by atoms with Crippen LogP contribution in [0.4, 0.5) is 0 Å². The second kappa shape index (κ2) is 41.2. The predicted molar refractivity (Wildman–Crippen MR) is 174 cm³/mol. The second-order valence-electron chi connectivity index (χ2n) is 10.6. The molecule has 7 N–H and O–H groups in total. The number of hydrogen-bond donors (Lipinski definition) is 3. The van der Waals surface area contributed by atoms with Gasteiger partial charge in [-0.3, -0.25) is 0 Å². The molecule has 0 atom stereocenters. The Bertz CT molecular complexity index is 324. The Morgan fingerprint density at radius 2 is 0.632 bits per heavy atom. The standard InChI is InChI=1S/2C16H36N2.H3N.H2O/c2*1-4-7-14-18(15-8-5-2)16-12-10-9-11-13-17-6-3;;/h2*17H,4-16H2,1-3H3;1H3;1H2. The molecule has 0 saturated heterocycles. The highest BCUT2D eigenvalue weighted by molar-refractivity contribution is 4.60. The van der Waals surface area contributed by atoms with E-state index < -0.39 is 0 Å². The summed E-state index contributed by atoms with van der Waals surface area (Å²) in [5.74, 6) is 0. The maximum atomic E-state index is 3.39. The van der Waals surface area contributed by atoms with Gasteiger partial charge in [0.05, 0.1) is 0 Å². The molecule has 0 aromatic rings. The summed E-state index contributed by atoms with van der Waals surface area (Å²) in [6.45, 7) is 26.0. The maximum absolute atomic E-state index is 3.39. The van der Waals surface area contributed by atoms with E-state index in [1.807, 2.05) is 0 Å². The predicted octanol–water partition coefficient (Wildman–Crippen LogP) is 8.32. The maximum Gasteiger partial charge on any atom is -0.00187 e. The number of rotatable bonds is 28. The topological polar surface area (TPSA) is 97.0 Å². The summed E-state index contributed by atoms with van der Waals surface area (Å²) in [5.41, 5.74) is 0. The van der Waals surface area contributed by atoms with E-state index in [1.165, 1.54) is 155 Å². The lowest BCUT2D eigenvalue weighted by Crippen LogP contribution is -2.27. The van der Waals surface area contributed by atoms with Crippen molar-refractivity contribution in [2.45, 2.75) is 144 Å². The Kier molecular flexibility index (Phi) is 48.6. The van der Waals surface area contributed by atoms with Crippen molar-refractivity contribution in [3.63, 3.8) is 0 Å². The molecule has 0 aliphatic rings. The van der Waals surface area contributed by atoms with E-state index in [4.69, 9.17) is 0 Å². The molecule has 0 fully saturated rings. The fourth-order valence-corrected chi connectivity index (χ4v) is 4.43. The number of unbranched alkanes of at least 4 members (excludes halogenated alkanes) is 10. The molecule has 0 aliphatic carbocycles. The van der Waals surface area contributed by atoms with Gasteiger partial charge in [-0.1, -0.05) is 92.9 Å². The van der Waals surface area contributed by atoms with Gasteiger partial charge in [-0.05, 0) is 117 Å². The summed E-state index contributed by atoms with van der Waals surface area (Å²) in [6.07, 6.45) is 21.8. The molecule has 0 rings (SSSR count). The largest absolute Gasteiger partial charge is 0.870 e. The zero-order valence-corrected chi connectivity index (χ0v) is 27.7. The first-order valence-electron chi connectivity index (χ1n) is 16.6. The van der Waals surface area contributed by atoms with Gasteiger partial charge in [0.1, 0.15) is 0 Å². The number of nitrogens with zero attached hydrogens (tertiary/aromatic N) is 2. The average Bonchev–Trinajstić information content (AvgIpc) is 2.90. The first-order valence-corrected chi connectivity index (χ1v) is 16.6. The van der Waals surface area contributed by atoms with E-state index in [9.17, 15) is 0 Å². The van der Waals surface area contributed by atoms with Crippen molar-refractivity contribution in [1.82, 2.24) is 26.6 Å². The van der Waals surface area contributed by atoms with E-state index in [2.05, 4.69) is 62.0 Å². The molecule has 6 heteroatoms. The highest BCUT2D eigenvalue weighted by Crippen LogP contribution is 2.06. The van der Waals surface area contributed by atoms with Crippen LogP contribution in [-0.2, 0) is 0 Å². The van der Waals surface area contributed by atoms with Gasteiger partial charge in [-0.15, -0.1) is 0 Å². The van der Waals surface area contributed by atoms with E-state index in [1.54, 1.807) is 0 Å². The minimum Gasteiger partial charge on any atom is -0.870 e. The summed E-state index contributed by atoms with van der Waals surface area (Å²) in [5, 5.41) is 6.79. The third-order valence-electron chi connectivity index (χ3n) is 6.97. The third kappa shape index (κ3) is 37.9. The van der Waals surface area contributed by atoms with Crippen molar-refractivity contribution in [2.24, 2.45) is 0 Å². The van der Waals surface area contributed by atoms with Crippen molar-refractivity contribution in [1.29, 1.82) is 0 Å². The summed E-state index contributed by atoms with van der Waals surface area (Å²) in [4.78, 5) is 5.36. The van der Waals surface area contributed by atoms with Gasteiger partial charge >= 0.3 is 0 Å². The molecule has 0 bridgehead atoms. The lowest BCUT2D eigenvalue weighted by molar-refractivity contribution is 0.259.